The topological polar surface area (TPSA) is 3.24 Å². The highest BCUT2D eigenvalue weighted by Crippen LogP contribution is 2.16. The molecular formula is C15H23N. The Morgan fingerprint density at radius 3 is 3.06 bits per heavy atom. The van der Waals surface area contributed by atoms with E-state index in [1.807, 2.05) is 0 Å². The van der Waals surface area contributed by atoms with E-state index in [4.69, 9.17) is 0 Å². The van der Waals surface area contributed by atoms with Crippen molar-refractivity contribution in [3.63, 3.8) is 0 Å². The van der Waals surface area contributed by atoms with Gasteiger partial charge in [0.2, 0.25) is 0 Å². The van der Waals surface area contributed by atoms with Crippen LogP contribution in [0.15, 0.2) is 11.6 Å². The summed E-state index contributed by atoms with van der Waals surface area (Å²) in [6, 6.07) is 0. The van der Waals surface area contributed by atoms with Gasteiger partial charge in [-0.15, -0.1) is 0 Å². The zero-order valence-electron chi connectivity index (χ0n) is 10.5. The Kier molecular flexibility index (Phi) is 4.48. The SMILES string of the molecule is CC1CCCN(CC#CC2=CCCCC2)C1. The lowest BCUT2D eigenvalue weighted by Crippen LogP contribution is -2.34. The molecule has 1 heteroatoms. The van der Waals surface area contributed by atoms with Crippen molar-refractivity contribution in [2.75, 3.05) is 19.6 Å². The molecule has 0 bridgehead atoms. The van der Waals surface area contributed by atoms with Gasteiger partial charge in [0.1, 0.15) is 0 Å². The lowest BCUT2D eigenvalue weighted by molar-refractivity contribution is 0.204. The van der Waals surface area contributed by atoms with Gasteiger partial charge in [0.05, 0.1) is 6.54 Å². The van der Waals surface area contributed by atoms with Crippen LogP contribution in [0.5, 0.6) is 0 Å². The molecule has 1 aliphatic heterocycles. The van der Waals surface area contributed by atoms with E-state index < -0.39 is 0 Å². The third-order valence-electron chi connectivity index (χ3n) is 3.58. The minimum absolute atomic E-state index is 0.865. The summed E-state index contributed by atoms with van der Waals surface area (Å²) in [5.41, 5.74) is 1.39. The Hall–Kier alpha value is -0.740. The number of allylic oxidation sites excluding steroid dienone is 2. The molecule has 0 spiro atoms. The minimum atomic E-state index is 0.865. The van der Waals surface area contributed by atoms with Crippen molar-refractivity contribution in [1.29, 1.82) is 0 Å². The van der Waals surface area contributed by atoms with Crippen LogP contribution in [0.4, 0.5) is 0 Å². The van der Waals surface area contributed by atoms with Crippen molar-refractivity contribution in [3.05, 3.63) is 11.6 Å². The predicted molar refractivity (Wildman–Crippen MR) is 69.2 cm³/mol. The molecule has 1 aliphatic carbocycles. The van der Waals surface area contributed by atoms with E-state index in [1.54, 1.807) is 0 Å². The number of likely N-dealkylation sites (tertiary alicyclic amines) is 1. The molecule has 0 saturated carbocycles. The first kappa shape index (κ1) is 11.7. The van der Waals surface area contributed by atoms with Crippen molar-refractivity contribution in [2.24, 2.45) is 5.92 Å². The van der Waals surface area contributed by atoms with Gasteiger partial charge in [-0.05, 0) is 56.6 Å². The van der Waals surface area contributed by atoms with E-state index in [0.717, 1.165) is 12.5 Å². The summed E-state index contributed by atoms with van der Waals surface area (Å²) in [5, 5.41) is 0. The van der Waals surface area contributed by atoms with Crippen molar-refractivity contribution in [1.82, 2.24) is 4.90 Å². The lowest BCUT2D eigenvalue weighted by Gasteiger charge is -2.28. The van der Waals surface area contributed by atoms with E-state index >= 15 is 0 Å². The van der Waals surface area contributed by atoms with Crippen LogP contribution in [0.1, 0.15) is 45.4 Å². The summed E-state index contributed by atoms with van der Waals surface area (Å²) in [4.78, 5) is 2.50. The number of hydrogen-bond donors (Lipinski definition) is 0. The molecule has 2 aliphatic rings. The van der Waals surface area contributed by atoms with Crippen LogP contribution in [0.25, 0.3) is 0 Å². The Balaban J connectivity index is 1.77. The summed E-state index contributed by atoms with van der Waals surface area (Å²) in [5.74, 6) is 7.57. The summed E-state index contributed by atoms with van der Waals surface area (Å²) < 4.78 is 0. The molecule has 0 aromatic heterocycles. The molecule has 1 nitrogen and oxygen atoms in total. The third kappa shape index (κ3) is 3.68. The van der Waals surface area contributed by atoms with Gasteiger partial charge in [-0.25, -0.2) is 0 Å². The third-order valence-corrected chi connectivity index (χ3v) is 3.58. The molecule has 1 heterocycles. The van der Waals surface area contributed by atoms with Crippen molar-refractivity contribution < 1.29 is 0 Å². The van der Waals surface area contributed by atoms with Crippen molar-refractivity contribution in [2.45, 2.75) is 45.4 Å². The molecule has 16 heavy (non-hydrogen) atoms. The maximum atomic E-state index is 3.35. The molecule has 1 fully saturated rings. The molecule has 0 amide bonds. The smallest absolute Gasteiger partial charge is 0.0605 e. The van der Waals surface area contributed by atoms with Gasteiger partial charge in [0, 0.05) is 6.54 Å². The Labute approximate surface area is 99.9 Å². The second-order valence-electron chi connectivity index (χ2n) is 5.26. The quantitative estimate of drug-likeness (QED) is 0.610. The summed E-state index contributed by atoms with van der Waals surface area (Å²) >= 11 is 0. The first-order chi connectivity index (χ1) is 7.84. The van der Waals surface area contributed by atoms with Gasteiger partial charge in [0.25, 0.3) is 0 Å². The maximum absolute atomic E-state index is 3.35. The molecule has 1 saturated heterocycles. The van der Waals surface area contributed by atoms with E-state index in [1.165, 1.54) is 57.2 Å². The monoisotopic (exact) mass is 217 g/mol. The van der Waals surface area contributed by atoms with Crippen LogP contribution < -0.4 is 0 Å². The van der Waals surface area contributed by atoms with Crippen molar-refractivity contribution in [3.8, 4) is 11.8 Å². The molecule has 88 valence electrons. The highest BCUT2D eigenvalue weighted by Gasteiger charge is 2.14. The molecule has 0 aromatic carbocycles. The summed E-state index contributed by atoms with van der Waals surface area (Å²) in [6.07, 6.45) is 10.2. The molecule has 0 radical (unpaired) electrons. The predicted octanol–water partition coefficient (Wildman–Crippen LogP) is 3.22. The summed E-state index contributed by atoms with van der Waals surface area (Å²) in [7, 11) is 0. The van der Waals surface area contributed by atoms with Gasteiger partial charge in [-0.2, -0.15) is 0 Å². The van der Waals surface area contributed by atoms with Crippen LogP contribution in [0.3, 0.4) is 0 Å². The Morgan fingerprint density at radius 1 is 1.38 bits per heavy atom. The molecule has 1 unspecified atom stereocenters. The standard InChI is InChI=1S/C15H23N/c1-14-7-5-11-16(13-14)12-6-10-15-8-3-2-4-9-15/h8,14H,2-5,7,9,11-13H2,1H3. The van der Waals surface area contributed by atoms with E-state index in [0.29, 0.717) is 0 Å². The fraction of sp³-hybridized carbons (Fsp3) is 0.733. The maximum Gasteiger partial charge on any atom is 0.0605 e. The molecule has 2 rings (SSSR count). The van der Waals surface area contributed by atoms with Gasteiger partial charge >= 0.3 is 0 Å². The van der Waals surface area contributed by atoms with Crippen LogP contribution in [0, 0.1) is 17.8 Å². The second kappa shape index (κ2) is 6.11. The number of piperidine rings is 1. The molecule has 1 atom stereocenters. The highest BCUT2D eigenvalue weighted by molar-refractivity contribution is 5.29. The number of rotatable bonds is 1. The van der Waals surface area contributed by atoms with Crippen molar-refractivity contribution >= 4 is 0 Å². The van der Waals surface area contributed by atoms with Gasteiger partial charge in [-0.3, -0.25) is 4.90 Å². The zero-order valence-corrected chi connectivity index (χ0v) is 10.5. The highest BCUT2D eigenvalue weighted by atomic mass is 15.1. The first-order valence-electron chi connectivity index (χ1n) is 6.75. The Bertz CT molecular complexity index is 305. The van der Waals surface area contributed by atoms with Crippen LogP contribution in [-0.4, -0.2) is 24.5 Å². The summed E-state index contributed by atoms with van der Waals surface area (Å²) in [6.45, 7) is 5.82. The van der Waals surface area contributed by atoms with Crippen LogP contribution in [-0.2, 0) is 0 Å². The zero-order chi connectivity index (χ0) is 11.2. The lowest BCUT2D eigenvalue weighted by atomic mass is 9.99. The molecule has 0 N–H and O–H groups in total. The molecular weight excluding hydrogens is 194 g/mol. The Morgan fingerprint density at radius 2 is 2.31 bits per heavy atom. The average Bonchev–Trinajstić information content (AvgIpc) is 2.30. The van der Waals surface area contributed by atoms with Gasteiger partial charge in [0.15, 0.2) is 0 Å². The van der Waals surface area contributed by atoms with Crippen LogP contribution >= 0.6 is 0 Å². The normalized spacial score (nSPS) is 26.8. The second-order valence-corrected chi connectivity index (χ2v) is 5.26. The van der Waals surface area contributed by atoms with Gasteiger partial charge < -0.3 is 0 Å². The largest absolute Gasteiger partial charge is 0.292 e. The van der Waals surface area contributed by atoms with Crippen LogP contribution in [0.2, 0.25) is 0 Å². The fourth-order valence-electron chi connectivity index (χ4n) is 2.65. The minimum Gasteiger partial charge on any atom is -0.292 e. The van der Waals surface area contributed by atoms with Gasteiger partial charge in [-0.1, -0.05) is 24.8 Å². The molecule has 0 aromatic rings. The number of nitrogens with zero attached hydrogens (tertiary/aromatic N) is 1. The average molecular weight is 217 g/mol. The van der Waals surface area contributed by atoms with E-state index in [-0.39, 0.29) is 0 Å². The van der Waals surface area contributed by atoms with E-state index in [2.05, 4.69) is 29.7 Å². The first-order valence-corrected chi connectivity index (χ1v) is 6.75. The van der Waals surface area contributed by atoms with E-state index in [9.17, 15) is 0 Å². The fourth-order valence-corrected chi connectivity index (χ4v) is 2.65. The number of hydrogen-bond acceptors (Lipinski definition) is 1.